The zero-order valence-electron chi connectivity index (χ0n) is 11.0. The standard InChI is InChI=1S/C13H17ClN2O2/c1-9-5-11(7-12(14)6-9)13(17)16(3)8-10(2)15-18-4/h5-7H,8H2,1-4H3/b15-10+. The van der Waals surface area contributed by atoms with Gasteiger partial charge in [-0.2, -0.15) is 0 Å². The van der Waals surface area contributed by atoms with Crippen LogP contribution in [0.5, 0.6) is 0 Å². The molecule has 0 saturated carbocycles. The number of benzene rings is 1. The van der Waals surface area contributed by atoms with Gasteiger partial charge in [-0.1, -0.05) is 16.8 Å². The minimum Gasteiger partial charge on any atom is -0.399 e. The van der Waals surface area contributed by atoms with E-state index in [0.717, 1.165) is 11.3 Å². The van der Waals surface area contributed by atoms with Crippen LogP contribution in [-0.4, -0.2) is 37.2 Å². The van der Waals surface area contributed by atoms with Gasteiger partial charge in [-0.3, -0.25) is 4.79 Å². The summed E-state index contributed by atoms with van der Waals surface area (Å²) in [4.78, 5) is 18.4. The average Bonchev–Trinajstić information content (AvgIpc) is 2.26. The molecule has 4 nitrogen and oxygen atoms in total. The maximum Gasteiger partial charge on any atom is 0.253 e. The lowest BCUT2D eigenvalue weighted by Crippen LogP contribution is -2.31. The van der Waals surface area contributed by atoms with Crippen LogP contribution in [0.25, 0.3) is 0 Å². The van der Waals surface area contributed by atoms with Gasteiger partial charge in [0.2, 0.25) is 0 Å². The Labute approximate surface area is 112 Å². The smallest absolute Gasteiger partial charge is 0.253 e. The molecule has 0 aromatic heterocycles. The third-order valence-corrected chi connectivity index (χ3v) is 2.57. The molecule has 0 fully saturated rings. The van der Waals surface area contributed by atoms with Gasteiger partial charge < -0.3 is 9.74 Å². The normalized spacial score (nSPS) is 11.3. The minimum absolute atomic E-state index is 0.0914. The first-order valence-corrected chi connectivity index (χ1v) is 5.91. The van der Waals surface area contributed by atoms with Gasteiger partial charge in [0.15, 0.2) is 0 Å². The highest BCUT2D eigenvalue weighted by Crippen LogP contribution is 2.15. The highest BCUT2D eigenvalue weighted by atomic mass is 35.5. The number of halogens is 1. The van der Waals surface area contributed by atoms with Gasteiger partial charge in [0, 0.05) is 17.6 Å². The second-order valence-electron chi connectivity index (χ2n) is 4.19. The first-order valence-electron chi connectivity index (χ1n) is 5.53. The summed E-state index contributed by atoms with van der Waals surface area (Å²) in [5.41, 5.74) is 2.27. The molecule has 1 rings (SSSR count). The molecule has 0 spiro atoms. The van der Waals surface area contributed by atoms with Crippen molar-refractivity contribution < 1.29 is 9.63 Å². The van der Waals surface area contributed by atoms with E-state index in [1.807, 2.05) is 19.1 Å². The molecule has 5 heteroatoms. The van der Waals surface area contributed by atoms with Crippen molar-refractivity contribution in [2.24, 2.45) is 5.16 Å². The molecule has 0 aliphatic heterocycles. The topological polar surface area (TPSA) is 41.9 Å². The number of rotatable bonds is 4. The molecule has 18 heavy (non-hydrogen) atoms. The van der Waals surface area contributed by atoms with Crippen molar-refractivity contribution in [1.82, 2.24) is 4.90 Å². The van der Waals surface area contributed by atoms with Crippen molar-refractivity contribution >= 4 is 23.2 Å². The van der Waals surface area contributed by atoms with Gasteiger partial charge >= 0.3 is 0 Å². The zero-order valence-corrected chi connectivity index (χ0v) is 11.8. The molecule has 0 radical (unpaired) electrons. The number of amides is 1. The molecule has 0 aliphatic rings. The van der Waals surface area contributed by atoms with Gasteiger partial charge in [-0.25, -0.2) is 0 Å². The maximum atomic E-state index is 12.2. The SMILES string of the molecule is CO/N=C(\C)CN(C)C(=O)c1cc(C)cc(Cl)c1. The summed E-state index contributed by atoms with van der Waals surface area (Å²) in [6.45, 7) is 4.12. The first-order chi connectivity index (χ1) is 8.43. The Kier molecular flexibility index (Phi) is 5.16. The average molecular weight is 269 g/mol. The monoisotopic (exact) mass is 268 g/mol. The second kappa shape index (κ2) is 6.40. The molecule has 0 bridgehead atoms. The minimum atomic E-state index is -0.0914. The lowest BCUT2D eigenvalue weighted by molar-refractivity contribution is 0.0813. The van der Waals surface area contributed by atoms with Gasteiger partial charge in [-0.15, -0.1) is 0 Å². The lowest BCUT2D eigenvalue weighted by atomic mass is 10.1. The molecule has 1 amide bonds. The Morgan fingerprint density at radius 3 is 2.67 bits per heavy atom. The fourth-order valence-corrected chi connectivity index (χ4v) is 1.97. The zero-order chi connectivity index (χ0) is 13.7. The number of nitrogens with zero attached hydrogens (tertiary/aromatic N) is 2. The number of oxime groups is 1. The van der Waals surface area contributed by atoms with Crippen LogP contribution in [-0.2, 0) is 4.84 Å². The van der Waals surface area contributed by atoms with Crippen LogP contribution >= 0.6 is 11.6 Å². The number of hydrogen-bond donors (Lipinski definition) is 0. The molecular weight excluding hydrogens is 252 g/mol. The van der Waals surface area contributed by atoms with Crippen LogP contribution in [0, 0.1) is 6.92 Å². The molecule has 0 N–H and O–H groups in total. The van der Waals surface area contributed by atoms with E-state index in [4.69, 9.17) is 11.6 Å². The molecule has 0 aliphatic carbocycles. The van der Waals surface area contributed by atoms with Crippen molar-refractivity contribution in [2.75, 3.05) is 20.7 Å². The third kappa shape index (κ3) is 4.04. The third-order valence-electron chi connectivity index (χ3n) is 2.35. The van der Waals surface area contributed by atoms with Crippen molar-refractivity contribution in [3.8, 4) is 0 Å². The summed E-state index contributed by atoms with van der Waals surface area (Å²) in [6, 6.07) is 5.29. The van der Waals surface area contributed by atoms with E-state index in [2.05, 4.69) is 9.99 Å². The highest BCUT2D eigenvalue weighted by molar-refractivity contribution is 6.31. The molecule has 0 saturated heterocycles. The molecule has 0 atom stereocenters. The van der Waals surface area contributed by atoms with Crippen molar-refractivity contribution in [3.05, 3.63) is 34.3 Å². The Morgan fingerprint density at radius 2 is 2.11 bits per heavy atom. The molecule has 0 heterocycles. The quantitative estimate of drug-likeness (QED) is 0.622. The molecule has 1 aromatic carbocycles. The Hall–Kier alpha value is -1.55. The number of carbonyl (C=O) groups excluding carboxylic acids is 1. The van der Waals surface area contributed by atoms with E-state index in [9.17, 15) is 4.79 Å². The maximum absolute atomic E-state index is 12.2. The van der Waals surface area contributed by atoms with E-state index in [-0.39, 0.29) is 5.91 Å². The van der Waals surface area contributed by atoms with Crippen molar-refractivity contribution in [3.63, 3.8) is 0 Å². The van der Waals surface area contributed by atoms with Crippen molar-refractivity contribution in [2.45, 2.75) is 13.8 Å². The van der Waals surface area contributed by atoms with Crippen LogP contribution in [0.15, 0.2) is 23.4 Å². The molecule has 98 valence electrons. The number of aryl methyl sites for hydroxylation is 1. The van der Waals surface area contributed by atoms with Gasteiger partial charge in [0.25, 0.3) is 5.91 Å². The number of hydrogen-bond acceptors (Lipinski definition) is 3. The summed E-state index contributed by atoms with van der Waals surface area (Å²) in [6.07, 6.45) is 0. The van der Waals surface area contributed by atoms with Gasteiger partial charge in [-0.05, 0) is 37.6 Å². The summed E-state index contributed by atoms with van der Waals surface area (Å²) in [5, 5.41) is 4.34. The van der Waals surface area contributed by atoms with Crippen LogP contribution in [0.3, 0.4) is 0 Å². The van der Waals surface area contributed by atoms with E-state index >= 15 is 0 Å². The van der Waals surface area contributed by atoms with Crippen LogP contribution in [0.4, 0.5) is 0 Å². The molecule has 1 aromatic rings. The fourth-order valence-electron chi connectivity index (χ4n) is 1.68. The van der Waals surface area contributed by atoms with Crippen molar-refractivity contribution in [1.29, 1.82) is 0 Å². The van der Waals surface area contributed by atoms with Crippen LogP contribution < -0.4 is 0 Å². The van der Waals surface area contributed by atoms with E-state index in [1.165, 1.54) is 7.11 Å². The Bertz CT molecular complexity index is 452. The predicted molar refractivity (Wildman–Crippen MR) is 73.3 cm³/mol. The van der Waals surface area contributed by atoms with E-state index in [0.29, 0.717) is 17.1 Å². The van der Waals surface area contributed by atoms with Crippen LogP contribution in [0.1, 0.15) is 22.8 Å². The summed E-state index contributed by atoms with van der Waals surface area (Å²) >= 11 is 5.94. The second-order valence-corrected chi connectivity index (χ2v) is 4.62. The molecule has 0 unspecified atom stereocenters. The first kappa shape index (κ1) is 14.5. The largest absolute Gasteiger partial charge is 0.399 e. The highest BCUT2D eigenvalue weighted by Gasteiger charge is 2.13. The van der Waals surface area contributed by atoms with Crippen LogP contribution in [0.2, 0.25) is 5.02 Å². The summed E-state index contributed by atoms with van der Waals surface area (Å²) in [5.74, 6) is -0.0914. The van der Waals surface area contributed by atoms with Gasteiger partial charge in [0.1, 0.15) is 7.11 Å². The Balaban J connectivity index is 2.83. The summed E-state index contributed by atoms with van der Waals surface area (Å²) in [7, 11) is 3.19. The fraction of sp³-hybridized carbons (Fsp3) is 0.385. The molecular formula is C13H17ClN2O2. The van der Waals surface area contributed by atoms with Gasteiger partial charge in [0.05, 0.1) is 12.3 Å². The lowest BCUT2D eigenvalue weighted by Gasteiger charge is -2.17. The van der Waals surface area contributed by atoms with E-state index < -0.39 is 0 Å². The summed E-state index contributed by atoms with van der Waals surface area (Å²) < 4.78 is 0. The van der Waals surface area contributed by atoms with E-state index in [1.54, 1.807) is 24.9 Å². The Morgan fingerprint density at radius 1 is 1.44 bits per heavy atom. The predicted octanol–water partition coefficient (Wildman–Crippen LogP) is 2.74. The number of carbonyl (C=O) groups is 1.